The molecule has 0 aliphatic heterocycles. The van der Waals surface area contributed by atoms with Gasteiger partial charge in [-0.25, -0.2) is 4.79 Å². The number of benzene rings is 1. The summed E-state index contributed by atoms with van der Waals surface area (Å²) in [6.45, 7) is 0.231. The number of carbonyl (C=O) groups excluding carboxylic acids is 1. The van der Waals surface area contributed by atoms with Crippen LogP contribution in [0.2, 0.25) is 0 Å². The lowest BCUT2D eigenvalue weighted by Crippen LogP contribution is -2.32. The van der Waals surface area contributed by atoms with Crippen LogP contribution in [0.1, 0.15) is 5.56 Å². The third-order valence-electron chi connectivity index (χ3n) is 1.97. The third kappa shape index (κ3) is 4.46. The molecular weight excluding hydrogens is 192 g/mol. The first-order valence-corrected chi connectivity index (χ1v) is 4.86. The second-order valence-electron chi connectivity index (χ2n) is 3.30. The van der Waals surface area contributed by atoms with Crippen molar-refractivity contribution in [3.63, 3.8) is 0 Å². The smallest absolute Gasteiger partial charge is 0.406 e. The van der Waals surface area contributed by atoms with Gasteiger partial charge in [0.1, 0.15) is 6.61 Å². The van der Waals surface area contributed by atoms with Crippen molar-refractivity contribution in [2.75, 3.05) is 13.7 Å². The molecule has 0 radical (unpaired) electrons. The Morgan fingerprint density at radius 2 is 2.13 bits per heavy atom. The normalized spacial score (nSPS) is 11.9. The molecule has 0 unspecified atom stereocenters. The summed E-state index contributed by atoms with van der Waals surface area (Å²) in [6.07, 6.45) is 0.260. The standard InChI is InChI=1S/C11H16N2O2/c1-13-11(14)15-8-10(12)7-9-5-3-2-4-6-9/h2-6,10H,7-8,12H2,1H3,(H,13,14)/t10-/m0/s1. The van der Waals surface area contributed by atoms with E-state index in [2.05, 4.69) is 5.32 Å². The summed E-state index contributed by atoms with van der Waals surface area (Å²) in [4.78, 5) is 10.8. The molecule has 0 saturated heterocycles. The highest BCUT2D eigenvalue weighted by Crippen LogP contribution is 2.01. The molecule has 1 amide bonds. The van der Waals surface area contributed by atoms with Gasteiger partial charge in [0.25, 0.3) is 0 Å². The van der Waals surface area contributed by atoms with Crippen LogP contribution in [0.4, 0.5) is 4.79 Å². The largest absolute Gasteiger partial charge is 0.448 e. The summed E-state index contributed by atoms with van der Waals surface area (Å²) < 4.78 is 4.85. The van der Waals surface area contributed by atoms with E-state index >= 15 is 0 Å². The molecule has 4 nitrogen and oxygen atoms in total. The van der Waals surface area contributed by atoms with E-state index in [9.17, 15) is 4.79 Å². The molecule has 1 atom stereocenters. The number of rotatable bonds is 4. The van der Waals surface area contributed by atoms with E-state index in [-0.39, 0.29) is 12.6 Å². The van der Waals surface area contributed by atoms with Gasteiger partial charge >= 0.3 is 6.09 Å². The second kappa shape index (κ2) is 6.03. The molecule has 0 spiro atoms. The van der Waals surface area contributed by atoms with Crippen LogP contribution in [0.15, 0.2) is 30.3 Å². The van der Waals surface area contributed by atoms with E-state index < -0.39 is 6.09 Å². The minimum Gasteiger partial charge on any atom is -0.448 e. The van der Waals surface area contributed by atoms with E-state index in [1.165, 1.54) is 7.05 Å². The van der Waals surface area contributed by atoms with Gasteiger partial charge in [-0.1, -0.05) is 30.3 Å². The number of alkyl carbamates (subject to hydrolysis) is 1. The average Bonchev–Trinajstić information content (AvgIpc) is 2.27. The molecule has 0 fully saturated rings. The fraction of sp³-hybridized carbons (Fsp3) is 0.364. The molecule has 1 aromatic carbocycles. The van der Waals surface area contributed by atoms with Gasteiger partial charge in [0, 0.05) is 13.1 Å². The van der Waals surface area contributed by atoms with Crippen LogP contribution in [-0.2, 0) is 11.2 Å². The molecule has 4 heteroatoms. The molecule has 0 aromatic heterocycles. The Morgan fingerprint density at radius 3 is 2.73 bits per heavy atom. The number of amides is 1. The van der Waals surface area contributed by atoms with E-state index in [4.69, 9.17) is 10.5 Å². The highest BCUT2D eigenvalue weighted by atomic mass is 16.5. The number of nitrogens with two attached hydrogens (primary N) is 1. The topological polar surface area (TPSA) is 64.3 Å². The fourth-order valence-electron chi connectivity index (χ4n) is 1.23. The molecule has 1 rings (SSSR count). The Hall–Kier alpha value is -1.55. The van der Waals surface area contributed by atoms with Gasteiger partial charge in [-0.3, -0.25) is 0 Å². The minimum atomic E-state index is -0.446. The molecule has 15 heavy (non-hydrogen) atoms. The van der Waals surface area contributed by atoms with Gasteiger partial charge in [-0.2, -0.15) is 0 Å². The number of carbonyl (C=O) groups is 1. The SMILES string of the molecule is CNC(=O)OC[C@@H](N)Cc1ccccc1. The highest BCUT2D eigenvalue weighted by molar-refractivity contribution is 5.66. The fourth-order valence-corrected chi connectivity index (χ4v) is 1.23. The molecule has 0 heterocycles. The molecule has 0 bridgehead atoms. The monoisotopic (exact) mass is 208 g/mol. The zero-order chi connectivity index (χ0) is 11.1. The summed E-state index contributed by atoms with van der Waals surface area (Å²) in [6, 6.07) is 9.71. The number of nitrogens with one attached hydrogen (secondary N) is 1. The summed E-state index contributed by atoms with van der Waals surface area (Å²) >= 11 is 0. The summed E-state index contributed by atoms with van der Waals surface area (Å²) in [5.74, 6) is 0. The predicted octanol–water partition coefficient (Wildman–Crippen LogP) is 0.912. The van der Waals surface area contributed by atoms with Crippen molar-refractivity contribution in [1.29, 1.82) is 0 Å². The minimum absolute atomic E-state index is 0.162. The quantitative estimate of drug-likeness (QED) is 0.773. The van der Waals surface area contributed by atoms with Gasteiger partial charge in [0.05, 0.1) is 0 Å². The zero-order valence-electron chi connectivity index (χ0n) is 8.77. The molecule has 0 aliphatic carbocycles. The first-order chi connectivity index (χ1) is 7.22. The van der Waals surface area contributed by atoms with Crippen molar-refractivity contribution >= 4 is 6.09 Å². The van der Waals surface area contributed by atoms with Gasteiger partial charge < -0.3 is 15.8 Å². The van der Waals surface area contributed by atoms with Crippen molar-refractivity contribution in [3.8, 4) is 0 Å². The lowest BCUT2D eigenvalue weighted by atomic mass is 10.1. The summed E-state index contributed by atoms with van der Waals surface area (Å²) in [5.41, 5.74) is 6.95. The molecule has 0 aliphatic rings. The first kappa shape index (κ1) is 11.5. The van der Waals surface area contributed by atoms with E-state index in [0.29, 0.717) is 6.42 Å². The van der Waals surface area contributed by atoms with E-state index in [1.54, 1.807) is 0 Å². The van der Waals surface area contributed by atoms with Crippen LogP contribution in [-0.4, -0.2) is 25.8 Å². The van der Waals surface area contributed by atoms with Gasteiger partial charge in [0.2, 0.25) is 0 Å². The second-order valence-corrected chi connectivity index (χ2v) is 3.30. The van der Waals surface area contributed by atoms with Crippen LogP contribution in [0, 0.1) is 0 Å². The van der Waals surface area contributed by atoms with Crippen molar-refractivity contribution in [2.45, 2.75) is 12.5 Å². The molecule has 82 valence electrons. The highest BCUT2D eigenvalue weighted by Gasteiger charge is 2.06. The summed E-state index contributed by atoms with van der Waals surface area (Å²) in [7, 11) is 1.52. The Labute approximate surface area is 89.4 Å². The molecular formula is C11H16N2O2. The first-order valence-electron chi connectivity index (χ1n) is 4.86. The van der Waals surface area contributed by atoms with Crippen molar-refractivity contribution in [2.24, 2.45) is 5.73 Å². The van der Waals surface area contributed by atoms with Gasteiger partial charge in [0.15, 0.2) is 0 Å². The molecule has 0 saturated carbocycles. The van der Waals surface area contributed by atoms with Crippen LogP contribution in [0.5, 0.6) is 0 Å². The van der Waals surface area contributed by atoms with E-state index in [0.717, 1.165) is 5.56 Å². The maximum Gasteiger partial charge on any atom is 0.406 e. The Morgan fingerprint density at radius 1 is 1.47 bits per heavy atom. The predicted molar refractivity (Wildman–Crippen MR) is 58.5 cm³/mol. The molecule has 1 aromatic rings. The average molecular weight is 208 g/mol. The Bertz CT molecular complexity index is 301. The van der Waals surface area contributed by atoms with Crippen molar-refractivity contribution in [3.05, 3.63) is 35.9 Å². The maximum absolute atomic E-state index is 10.8. The van der Waals surface area contributed by atoms with Crippen LogP contribution < -0.4 is 11.1 Å². The zero-order valence-corrected chi connectivity index (χ0v) is 8.77. The van der Waals surface area contributed by atoms with E-state index in [1.807, 2.05) is 30.3 Å². The molecule has 3 N–H and O–H groups in total. The van der Waals surface area contributed by atoms with Crippen LogP contribution >= 0.6 is 0 Å². The maximum atomic E-state index is 10.8. The lowest BCUT2D eigenvalue weighted by Gasteiger charge is -2.11. The Kier molecular flexibility index (Phi) is 4.63. The van der Waals surface area contributed by atoms with Gasteiger partial charge in [-0.05, 0) is 12.0 Å². The number of hydrogen-bond donors (Lipinski definition) is 2. The third-order valence-corrected chi connectivity index (χ3v) is 1.97. The van der Waals surface area contributed by atoms with Crippen LogP contribution in [0.25, 0.3) is 0 Å². The van der Waals surface area contributed by atoms with Crippen molar-refractivity contribution in [1.82, 2.24) is 5.32 Å². The Balaban J connectivity index is 2.30. The lowest BCUT2D eigenvalue weighted by molar-refractivity contribution is 0.141. The van der Waals surface area contributed by atoms with Crippen LogP contribution in [0.3, 0.4) is 0 Å². The number of ether oxygens (including phenoxy) is 1. The van der Waals surface area contributed by atoms with Crippen molar-refractivity contribution < 1.29 is 9.53 Å². The van der Waals surface area contributed by atoms with Gasteiger partial charge in [-0.15, -0.1) is 0 Å². The summed E-state index contributed by atoms with van der Waals surface area (Å²) in [5, 5.41) is 2.37. The number of hydrogen-bond acceptors (Lipinski definition) is 3.